The summed E-state index contributed by atoms with van der Waals surface area (Å²) < 4.78 is 18.6. The van der Waals surface area contributed by atoms with Gasteiger partial charge in [-0.05, 0) is 81.0 Å². The molecule has 0 aliphatic carbocycles. The number of ether oxygens (including phenoxy) is 3. The number of rotatable bonds is 7. The van der Waals surface area contributed by atoms with Gasteiger partial charge in [0, 0.05) is 17.3 Å². The summed E-state index contributed by atoms with van der Waals surface area (Å²) in [7, 11) is 0. The van der Waals surface area contributed by atoms with E-state index >= 15 is 0 Å². The van der Waals surface area contributed by atoms with Gasteiger partial charge in [0.2, 0.25) is 5.12 Å². The third-order valence-corrected chi connectivity index (χ3v) is 6.98. The van der Waals surface area contributed by atoms with Crippen molar-refractivity contribution in [3.8, 4) is 17.2 Å². The number of carbonyl (C=O) groups excluding carboxylic acids is 2. The fourth-order valence-corrected chi connectivity index (χ4v) is 4.77. The number of fused-ring (bicyclic) bond motifs is 1. The Morgan fingerprint density at radius 2 is 1.85 bits per heavy atom. The van der Waals surface area contributed by atoms with Crippen molar-refractivity contribution in [2.75, 3.05) is 13.2 Å². The van der Waals surface area contributed by atoms with Crippen LogP contribution >= 0.6 is 11.8 Å². The minimum absolute atomic E-state index is 0.270. The first-order valence-electron chi connectivity index (χ1n) is 11.2. The number of hydrogen-bond acceptors (Lipinski definition) is 6. The van der Waals surface area contributed by atoms with E-state index in [-0.39, 0.29) is 10.4 Å². The van der Waals surface area contributed by atoms with E-state index in [0.717, 1.165) is 46.6 Å². The zero-order valence-electron chi connectivity index (χ0n) is 19.9. The summed E-state index contributed by atoms with van der Waals surface area (Å²) in [5.74, 6) is 2.57. The van der Waals surface area contributed by atoms with Crippen molar-refractivity contribution < 1.29 is 23.8 Å². The smallest absolute Gasteiger partial charge is 0.291 e. The Labute approximate surface area is 204 Å². The molecule has 0 radical (unpaired) electrons. The van der Waals surface area contributed by atoms with Crippen molar-refractivity contribution in [2.45, 2.75) is 46.1 Å². The molecule has 2 aliphatic rings. The summed E-state index contributed by atoms with van der Waals surface area (Å²) in [4.78, 5) is 23.1. The van der Waals surface area contributed by atoms with Crippen LogP contribution in [0.1, 0.15) is 41.2 Å². The molecule has 2 heterocycles. The second kappa shape index (κ2) is 9.58. The van der Waals surface area contributed by atoms with Crippen LogP contribution in [0.15, 0.2) is 42.6 Å². The zero-order valence-corrected chi connectivity index (χ0v) is 20.8. The third kappa shape index (κ3) is 4.85. The standard InChI is InChI=1S/C27H29NO5S/c1-6-13-31-23-16(2)17(3)24-21(18(23)4)11-12-27(5,33-24)15-32-20-9-7-19(8-10-20)14-22-25(29)34-26(30)28-22/h6-10,14H,1,11-13,15H2,2-5H3,(H,28,30). The first kappa shape index (κ1) is 24.0. The van der Waals surface area contributed by atoms with Crippen LogP contribution in [0, 0.1) is 20.8 Å². The highest BCUT2D eigenvalue weighted by molar-refractivity contribution is 8.27. The van der Waals surface area contributed by atoms with E-state index < -0.39 is 5.60 Å². The molecule has 1 saturated heterocycles. The molecule has 4 rings (SSSR count). The fourth-order valence-electron chi connectivity index (χ4n) is 4.23. The quantitative estimate of drug-likeness (QED) is 0.408. The summed E-state index contributed by atoms with van der Waals surface area (Å²) in [5.41, 5.74) is 5.15. The minimum atomic E-state index is -0.460. The highest BCUT2D eigenvalue weighted by Gasteiger charge is 2.35. The molecule has 1 atom stereocenters. The van der Waals surface area contributed by atoms with E-state index in [0.29, 0.717) is 36.4 Å². The van der Waals surface area contributed by atoms with Crippen LogP contribution in [0.25, 0.3) is 6.08 Å². The molecule has 7 heteroatoms. The van der Waals surface area contributed by atoms with Crippen molar-refractivity contribution in [3.05, 3.63) is 70.4 Å². The molecule has 0 saturated carbocycles. The van der Waals surface area contributed by atoms with Gasteiger partial charge in [-0.2, -0.15) is 0 Å². The molecule has 1 fully saturated rings. The topological polar surface area (TPSA) is 73.9 Å². The van der Waals surface area contributed by atoms with E-state index in [1.54, 1.807) is 12.2 Å². The molecule has 0 spiro atoms. The highest BCUT2D eigenvalue weighted by atomic mass is 32.2. The Hall–Kier alpha value is -3.19. The maximum Gasteiger partial charge on any atom is 0.291 e. The Bertz CT molecular complexity index is 1180. The Kier molecular flexibility index (Phi) is 6.75. The molecule has 2 aromatic carbocycles. The lowest BCUT2D eigenvalue weighted by Crippen LogP contribution is -2.42. The van der Waals surface area contributed by atoms with Crippen LogP contribution < -0.4 is 19.5 Å². The van der Waals surface area contributed by atoms with E-state index in [9.17, 15) is 9.59 Å². The second-order valence-electron chi connectivity index (χ2n) is 8.88. The number of benzene rings is 2. The Morgan fingerprint density at radius 3 is 2.50 bits per heavy atom. The van der Waals surface area contributed by atoms with Gasteiger partial charge in [-0.3, -0.25) is 9.59 Å². The van der Waals surface area contributed by atoms with Gasteiger partial charge in [-0.1, -0.05) is 24.8 Å². The summed E-state index contributed by atoms with van der Waals surface area (Å²) in [6, 6.07) is 7.41. The van der Waals surface area contributed by atoms with Crippen molar-refractivity contribution >= 4 is 28.2 Å². The second-order valence-corrected chi connectivity index (χ2v) is 9.83. The van der Waals surface area contributed by atoms with Crippen LogP contribution in [0.2, 0.25) is 0 Å². The minimum Gasteiger partial charge on any atom is -0.489 e. The van der Waals surface area contributed by atoms with Gasteiger partial charge in [0.05, 0.1) is 5.70 Å². The molecule has 34 heavy (non-hydrogen) atoms. The van der Waals surface area contributed by atoms with Crippen molar-refractivity contribution in [3.63, 3.8) is 0 Å². The van der Waals surface area contributed by atoms with Crippen LogP contribution in [0.5, 0.6) is 17.2 Å². The van der Waals surface area contributed by atoms with Gasteiger partial charge in [0.1, 0.15) is 36.1 Å². The zero-order chi connectivity index (χ0) is 24.5. The molecule has 0 bridgehead atoms. The molecular weight excluding hydrogens is 450 g/mol. The molecule has 0 aromatic heterocycles. The van der Waals surface area contributed by atoms with E-state index in [1.165, 1.54) is 5.56 Å². The van der Waals surface area contributed by atoms with Gasteiger partial charge < -0.3 is 19.5 Å². The van der Waals surface area contributed by atoms with E-state index in [1.807, 2.05) is 24.3 Å². The molecular formula is C27H29NO5S. The summed E-state index contributed by atoms with van der Waals surface area (Å²) in [6.45, 7) is 12.9. The monoisotopic (exact) mass is 479 g/mol. The molecule has 1 unspecified atom stereocenters. The van der Waals surface area contributed by atoms with Gasteiger partial charge in [0.25, 0.3) is 5.24 Å². The predicted molar refractivity (Wildman–Crippen MR) is 135 cm³/mol. The normalized spacial score (nSPS) is 20.5. The lowest BCUT2D eigenvalue weighted by atomic mass is 9.87. The fraction of sp³-hybridized carbons (Fsp3) is 0.333. The molecule has 1 N–H and O–H groups in total. The Balaban J connectivity index is 1.45. The van der Waals surface area contributed by atoms with Gasteiger partial charge in [-0.25, -0.2) is 0 Å². The maximum absolute atomic E-state index is 11.7. The Morgan fingerprint density at radius 1 is 1.12 bits per heavy atom. The largest absolute Gasteiger partial charge is 0.489 e. The average Bonchev–Trinajstić information content (AvgIpc) is 3.13. The molecule has 2 aromatic rings. The number of amides is 1. The number of nitrogens with one attached hydrogen (secondary N) is 1. The lowest BCUT2D eigenvalue weighted by molar-refractivity contribution is -0.107. The number of hydrogen-bond donors (Lipinski definition) is 1. The van der Waals surface area contributed by atoms with Gasteiger partial charge in [0.15, 0.2) is 0 Å². The first-order valence-corrected chi connectivity index (χ1v) is 12.1. The van der Waals surface area contributed by atoms with E-state index in [4.69, 9.17) is 14.2 Å². The molecule has 1 amide bonds. The maximum atomic E-state index is 11.7. The van der Waals surface area contributed by atoms with Gasteiger partial charge in [-0.15, -0.1) is 0 Å². The SMILES string of the molecule is C=CCOc1c(C)c(C)c2c(c1C)CCC(C)(COc1ccc(C=C3NC(=O)SC3=O)cc1)O2. The van der Waals surface area contributed by atoms with Crippen molar-refractivity contribution in [1.82, 2.24) is 5.32 Å². The molecule has 2 aliphatic heterocycles. The van der Waals surface area contributed by atoms with Crippen molar-refractivity contribution in [2.24, 2.45) is 0 Å². The average molecular weight is 480 g/mol. The number of thioether (sulfide) groups is 1. The van der Waals surface area contributed by atoms with E-state index in [2.05, 4.69) is 39.6 Å². The van der Waals surface area contributed by atoms with Crippen LogP contribution in [0.3, 0.4) is 0 Å². The molecule has 6 nitrogen and oxygen atoms in total. The van der Waals surface area contributed by atoms with Crippen LogP contribution in [-0.4, -0.2) is 29.2 Å². The van der Waals surface area contributed by atoms with Crippen LogP contribution in [0.4, 0.5) is 4.79 Å². The third-order valence-electron chi connectivity index (χ3n) is 6.29. The highest BCUT2D eigenvalue weighted by Crippen LogP contribution is 2.44. The first-order chi connectivity index (χ1) is 16.2. The predicted octanol–water partition coefficient (Wildman–Crippen LogP) is 5.66. The summed E-state index contributed by atoms with van der Waals surface area (Å²) in [6.07, 6.45) is 5.13. The summed E-state index contributed by atoms with van der Waals surface area (Å²) in [5, 5.41) is 1.93. The van der Waals surface area contributed by atoms with Crippen LogP contribution in [-0.2, 0) is 11.2 Å². The lowest BCUT2D eigenvalue weighted by Gasteiger charge is -2.38. The van der Waals surface area contributed by atoms with Gasteiger partial charge >= 0.3 is 0 Å². The molecule has 178 valence electrons. The summed E-state index contributed by atoms with van der Waals surface area (Å²) >= 11 is 0.670. The van der Waals surface area contributed by atoms with Crippen molar-refractivity contribution in [1.29, 1.82) is 0 Å². The number of carbonyl (C=O) groups is 2.